The fourth-order valence-corrected chi connectivity index (χ4v) is 2.23. The molecule has 0 bridgehead atoms. The molecule has 0 aliphatic carbocycles. The van der Waals surface area contributed by atoms with Crippen molar-refractivity contribution in [2.45, 2.75) is 20.8 Å². The van der Waals surface area contributed by atoms with E-state index in [0.717, 1.165) is 16.8 Å². The van der Waals surface area contributed by atoms with Gasteiger partial charge in [-0.15, -0.1) is 0 Å². The lowest BCUT2D eigenvalue weighted by Crippen LogP contribution is -2.15. The van der Waals surface area contributed by atoms with Crippen LogP contribution in [0.1, 0.15) is 27.4 Å². The average molecular weight is 323 g/mol. The minimum atomic E-state index is -0.302. The van der Waals surface area contributed by atoms with Gasteiger partial charge in [0.05, 0.1) is 0 Å². The molecule has 0 atom stereocenters. The molecule has 3 rings (SSSR count). The Morgan fingerprint density at radius 2 is 1.96 bits per heavy atom. The van der Waals surface area contributed by atoms with Crippen LogP contribution in [-0.4, -0.2) is 21.0 Å². The number of hydrogen-bond acceptors (Lipinski definition) is 6. The predicted octanol–water partition coefficient (Wildman–Crippen LogP) is 3.39. The molecule has 0 saturated heterocycles. The van der Waals surface area contributed by atoms with Gasteiger partial charge in [-0.05, 0) is 38.5 Å². The number of amides is 1. The van der Waals surface area contributed by atoms with Gasteiger partial charge in [-0.2, -0.15) is 0 Å². The number of aryl methyl sites for hydroxylation is 3. The van der Waals surface area contributed by atoms with Gasteiger partial charge in [0.25, 0.3) is 5.91 Å². The Labute approximate surface area is 139 Å². The van der Waals surface area contributed by atoms with E-state index >= 15 is 0 Å². The summed E-state index contributed by atoms with van der Waals surface area (Å²) in [5.41, 5.74) is 3.15. The highest BCUT2D eigenvalue weighted by Gasteiger charge is 2.11. The molecule has 3 aromatic rings. The second-order valence-corrected chi connectivity index (χ2v) is 5.49. The minimum absolute atomic E-state index is 0.257. The fourth-order valence-electron chi connectivity index (χ4n) is 2.23. The van der Waals surface area contributed by atoms with Crippen LogP contribution in [-0.2, 0) is 0 Å². The number of nitrogens with zero attached hydrogens (tertiary/aromatic N) is 3. The molecule has 24 heavy (non-hydrogen) atoms. The van der Waals surface area contributed by atoms with Crippen molar-refractivity contribution in [1.82, 2.24) is 15.1 Å². The summed E-state index contributed by atoms with van der Waals surface area (Å²) in [6.45, 7) is 5.74. The molecule has 0 fully saturated rings. The van der Waals surface area contributed by atoms with E-state index in [9.17, 15) is 4.79 Å². The van der Waals surface area contributed by atoms with Gasteiger partial charge >= 0.3 is 0 Å². The van der Waals surface area contributed by atoms with Crippen LogP contribution in [0.25, 0.3) is 0 Å². The summed E-state index contributed by atoms with van der Waals surface area (Å²) in [6.07, 6.45) is 1.51. The smallest absolute Gasteiger partial charge is 0.274 e. The van der Waals surface area contributed by atoms with E-state index in [1.54, 1.807) is 19.1 Å². The van der Waals surface area contributed by atoms with Crippen molar-refractivity contribution in [3.8, 4) is 0 Å². The van der Waals surface area contributed by atoms with Crippen molar-refractivity contribution < 1.29 is 9.32 Å². The van der Waals surface area contributed by atoms with Gasteiger partial charge in [0.2, 0.25) is 5.95 Å². The van der Waals surface area contributed by atoms with Crippen LogP contribution in [0.15, 0.2) is 41.1 Å². The highest BCUT2D eigenvalue weighted by atomic mass is 16.5. The second-order valence-electron chi connectivity index (χ2n) is 5.49. The van der Waals surface area contributed by atoms with E-state index in [1.165, 1.54) is 6.20 Å². The highest BCUT2D eigenvalue weighted by Crippen LogP contribution is 2.17. The summed E-state index contributed by atoms with van der Waals surface area (Å²) in [6, 6.07) is 9.10. The monoisotopic (exact) mass is 323 g/mol. The molecule has 7 nitrogen and oxygen atoms in total. The van der Waals surface area contributed by atoms with Crippen LogP contribution < -0.4 is 10.6 Å². The van der Waals surface area contributed by atoms with Gasteiger partial charge in [0, 0.05) is 18.0 Å². The van der Waals surface area contributed by atoms with Crippen LogP contribution in [0.3, 0.4) is 0 Å². The van der Waals surface area contributed by atoms with Crippen LogP contribution in [0.5, 0.6) is 0 Å². The van der Waals surface area contributed by atoms with Gasteiger partial charge in [0.1, 0.15) is 11.5 Å². The number of nitrogens with one attached hydrogen (secondary N) is 2. The van der Waals surface area contributed by atoms with Crippen LogP contribution in [0, 0.1) is 20.8 Å². The Balaban J connectivity index is 1.76. The van der Waals surface area contributed by atoms with Crippen LogP contribution in [0.4, 0.5) is 17.5 Å². The van der Waals surface area contributed by atoms with Gasteiger partial charge < -0.3 is 15.2 Å². The third kappa shape index (κ3) is 3.57. The van der Waals surface area contributed by atoms with Gasteiger partial charge in [-0.1, -0.05) is 22.9 Å². The molecule has 1 amide bonds. The van der Waals surface area contributed by atoms with E-state index in [-0.39, 0.29) is 17.5 Å². The van der Waals surface area contributed by atoms with Gasteiger partial charge in [-0.3, -0.25) is 4.79 Å². The number of rotatable bonds is 4. The van der Waals surface area contributed by atoms with Crippen molar-refractivity contribution in [3.63, 3.8) is 0 Å². The van der Waals surface area contributed by atoms with E-state index < -0.39 is 0 Å². The van der Waals surface area contributed by atoms with Crippen molar-refractivity contribution in [3.05, 3.63) is 59.1 Å². The maximum atomic E-state index is 12.4. The molecule has 2 heterocycles. The van der Waals surface area contributed by atoms with E-state index in [0.29, 0.717) is 11.6 Å². The zero-order chi connectivity index (χ0) is 17.1. The lowest BCUT2D eigenvalue weighted by molar-refractivity contribution is 0.102. The third-order valence-corrected chi connectivity index (χ3v) is 3.39. The number of anilines is 3. The summed E-state index contributed by atoms with van der Waals surface area (Å²) in [5, 5.41) is 9.56. The van der Waals surface area contributed by atoms with Gasteiger partial charge in [-0.25, -0.2) is 9.97 Å². The Bertz CT molecular complexity index is 888. The molecule has 0 aliphatic heterocycles. The van der Waals surface area contributed by atoms with Crippen molar-refractivity contribution in [1.29, 1.82) is 0 Å². The minimum Gasteiger partial charge on any atom is -0.360 e. The summed E-state index contributed by atoms with van der Waals surface area (Å²) in [7, 11) is 0. The first-order valence-corrected chi connectivity index (χ1v) is 7.43. The molecule has 2 aromatic heterocycles. The maximum absolute atomic E-state index is 12.4. The Kier molecular flexibility index (Phi) is 4.24. The first kappa shape index (κ1) is 15.7. The zero-order valence-corrected chi connectivity index (χ0v) is 13.6. The third-order valence-electron chi connectivity index (χ3n) is 3.39. The lowest BCUT2D eigenvalue weighted by Gasteiger charge is -2.09. The SMILES string of the molecule is Cc1ccc(NC(=O)c2ccnc(Nc3cc(C)on3)n2)c(C)c1. The lowest BCUT2D eigenvalue weighted by atomic mass is 10.1. The Morgan fingerprint density at radius 3 is 2.67 bits per heavy atom. The van der Waals surface area contributed by atoms with Crippen LogP contribution >= 0.6 is 0 Å². The molecule has 122 valence electrons. The molecule has 7 heteroatoms. The standard InChI is InChI=1S/C17H17N5O2/c1-10-4-5-13(11(2)8-10)19-16(23)14-6-7-18-17(20-14)21-15-9-12(3)24-22-15/h4-9H,1-3H3,(H,19,23)(H,18,20,21,22). The topological polar surface area (TPSA) is 92.9 Å². The molecule has 0 aliphatic rings. The molecular weight excluding hydrogens is 306 g/mol. The Hall–Kier alpha value is -3.22. The molecule has 0 radical (unpaired) electrons. The first-order chi connectivity index (χ1) is 11.5. The van der Waals surface area contributed by atoms with E-state index in [4.69, 9.17) is 4.52 Å². The normalized spacial score (nSPS) is 10.5. The number of carbonyl (C=O) groups is 1. The number of carbonyl (C=O) groups excluding carboxylic acids is 1. The Morgan fingerprint density at radius 1 is 1.12 bits per heavy atom. The molecule has 0 unspecified atom stereocenters. The summed E-state index contributed by atoms with van der Waals surface area (Å²) in [4.78, 5) is 20.7. The summed E-state index contributed by atoms with van der Waals surface area (Å²) >= 11 is 0. The zero-order valence-electron chi connectivity index (χ0n) is 13.6. The van der Waals surface area contributed by atoms with Crippen molar-refractivity contribution in [2.75, 3.05) is 10.6 Å². The molecule has 1 aromatic carbocycles. The number of aromatic nitrogens is 3. The average Bonchev–Trinajstić information content (AvgIpc) is 2.95. The quantitative estimate of drug-likeness (QED) is 0.764. The van der Waals surface area contributed by atoms with Crippen molar-refractivity contribution >= 4 is 23.4 Å². The van der Waals surface area contributed by atoms with E-state index in [2.05, 4.69) is 25.8 Å². The largest absolute Gasteiger partial charge is 0.360 e. The predicted molar refractivity (Wildman–Crippen MR) is 90.4 cm³/mol. The van der Waals surface area contributed by atoms with Gasteiger partial charge in [0.15, 0.2) is 5.82 Å². The molecule has 0 spiro atoms. The molecular formula is C17H17N5O2. The second kappa shape index (κ2) is 6.49. The fraction of sp³-hybridized carbons (Fsp3) is 0.176. The maximum Gasteiger partial charge on any atom is 0.274 e. The first-order valence-electron chi connectivity index (χ1n) is 7.43. The number of hydrogen-bond donors (Lipinski definition) is 2. The summed E-state index contributed by atoms with van der Waals surface area (Å²) < 4.78 is 4.97. The summed E-state index contributed by atoms with van der Waals surface area (Å²) in [5.74, 6) is 1.13. The molecule has 0 saturated carbocycles. The van der Waals surface area contributed by atoms with E-state index in [1.807, 2.05) is 32.0 Å². The molecule has 2 N–H and O–H groups in total. The highest BCUT2D eigenvalue weighted by molar-refractivity contribution is 6.03. The van der Waals surface area contributed by atoms with Crippen molar-refractivity contribution in [2.24, 2.45) is 0 Å². The van der Waals surface area contributed by atoms with Crippen LogP contribution in [0.2, 0.25) is 0 Å². The number of benzene rings is 1.